The number of esters is 1. The topological polar surface area (TPSA) is 72.4 Å². The molecule has 2 fully saturated rings. The first-order valence-electron chi connectivity index (χ1n) is 7.50. The molecule has 7 heteroatoms. The van der Waals surface area contributed by atoms with Gasteiger partial charge in [-0.2, -0.15) is 0 Å². The Hall–Kier alpha value is -1.34. The molecule has 0 bridgehead atoms. The Kier molecular flexibility index (Phi) is 6.25. The molecule has 2 rings (SSSR count). The van der Waals surface area contributed by atoms with Gasteiger partial charge in [0.2, 0.25) is 0 Å². The van der Waals surface area contributed by atoms with Gasteiger partial charge in [-0.05, 0) is 12.8 Å². The van der Waals surface area contributed by atoms with Gasteiger partial charge in [0.25, 0.3) is 0 Å². The van der Waals surface area contributed by atoms with Crippen LogP contribution in [0.2, 0.25) is 0 Å². The second kappa shape index (κ2) is 8.19. The Labute approximate surface area is 125 Å². The third-order valence-electron chi connectivity index (χ3n) is 3.82. The van der Waals surface area contributed by atoms with Crippen LogP contribution in [0.1, 0.15) is 19.3 Å². The Balaban J connectivity index is 1.81. The van der Waals surface area contributed by atoms with Crippen LogP contribution >= 0.6 is 0 Å². The first kappa shape index (κ1) is 16.0. The van der Waals surface area contributed by atoms with Gasteiger partial charge < -0.3 is 24.4 Å². The fraction of sp³-hybridized carbons (Fsp3) is 0.857. The molecule has 2 heterocycles. The molecular weight excluding hydrogens is 274 g/mol. The largest absolute Gasteiger partial charge is 0.469 e. The zero-order chi connectivity index (χ0) is 15.1. The highest BCUT2D eigenvalue weighted by atomic mass is 16.5. The van der Waals surface area contributed by atoms with Crippen molar-refractivity contribution >= 4 is 11.9 Å². The minimum absolute atomic E-state index is 0.0976. The van der Waals surface area contributed by atoms with Gasteiger partial charge in [0, 0.05) is 33.3 Å². The van der Waals surface area contributed by atoms with E-state index in [4.69, 9.17) is 9.47 Å². The number of methoxy groups -OCH3 is 1. The van der Waals surface area contributed by atoms with Crippen LogP contribution in [0.25, 0.3) is 0 Å². The molecule has 2 aliphatic heterocycles. The quantitative estimate of drug-likeness (QED) is 0.448. The summed E-state index contributed by atoms with van der Waals surface area (Å²) in [6.45, 7) is 3.57. The molecule has 0 aliphatic carbocycles. The van der Waals surface area contributed by atoms with Gasteiger partial charge in [-0.1, -0.05) is 0 Å². The number of nitrogens with zero attached hydrogens (tertiary/aromatic N) is 2. The molecule has 0 amide bonds. The lowest BCUT2D eigenvalue weighted by molar-refractivity contribution is -0.140. The number of rotatable bonds is 4. The fourth-order valence-electron chi connectivity index (χ4n) is 2.70. The SMILES string of the molecule is CN=C(NCCC(=O)OC)N1CCOC(C2CCCO2)C1. The Morgan fingerprint density at radius 3 is 2.86 bits per heavy atom. The number of ether oxygens (including phenoxy) is 3. The Morgan fingerprint density at radius 1 is 1.38 bits per heavy atom. The number of aliphatic imine (C=N–C) groups is 1. The lowest BCUT2D eigenvalue weighted by atomic mass is 10.1. The van der Waals surface area contributed by atoms with Crippen LogP contribution < -0.4 is 5.32 Å². The van der Waals surface area contributed by atoms with Gasteiger partial charge in [0.1, 0.15) is 6.10 Å². The summed E-state index contributed by atoms with van der Waals surface area (Å²) < 4.78 is 16.2. The molecule has 0 radical (unpaired) electrons. The number of morpholine rings is 1. The Bertz CT molecular complexity index is 369. The number of guanidine groups is 1. The molecule has 2 unspecified atom stereocenters. The summed E-state index contributed by atoms with van der Waals surface area (Å²) in [5.41, 5.74) is 0. The third kappa shape index (κ3) is 4.57. The lowest BCUT2D eigenvalue weighted by Gasteiger charge is -2.37. The standard InChI is InChI=1S/C14H25N3O4/c1-15-14(16-6-5-13(18)19-2)17-7-9-21-12(10-17)11-4-3-8-20-11/h11-12H,3-10H2,1-2H3,(H,15,16). The summed E-state index contributed by atoms with van der Waals surface area (Å²) in [4.78, 5) is 17.6. The monoisotopic (exact) mass is 299 g/mol. The molecular formula is C14H25N3O4. The second-order valence-electron chi connectivity index (χ2n) is 5.21. The number of nitrogens with one attached hydrogen (secondary N) is 1. The first-order chi connectivity index (χ1) is 10.2. The van der Waals surface area contributed by atoms with Crippen LogP contribution in [-0.2, 0) is 19.0 Å². The Morgan fingerprint density at radius 2 is 2.19 bits per heavy atom. The van der Waals surface area contributed by atoms with Crippen molar-refractivity contribution in [2.24, 2.45) is 4.99 Å². The predicted molar refractivity (Wildman–Crippen MR) is 78.3 cm³/mol. The van der Waals surface area contributed by atoms with E-state index in [1.807, 2.05) is 0 Å². The highest BCUT2D eigenvalue weighted by molar-refractivity contribution is 5.80. The second-order valence-corrected chi connectivity index (χ2v) is 5.21. The highest BCUT2D eigenvalue weighted by Crippen LogP contribution is 2.20. The molecule has 120 valence electrons. The number of hydrogen-bond donors (Lipinski definition) is 1. The summed E-state index contributed by atoms with van der Waals surface area (Å²) in [5, 5.41) is 3.19. The van der Waals surface area contributed by atoms with E-state index in [1.165, 1.54) is 7.11 Å². The molecule has 2 atom stereocenters. The van der Waals surface area contributed by atoms with Crippen molar-refractivity contribution in [1.82, 2.24) is 10.2 Å². The van der Waals surface area contributed by atoms with Crippen LogP contribution in [0.3, 0.4) is 0 Å². The molecule has 1 N–H and O–H groups in total. The third-order valence-corrected chi connectivity index (χ3v) is 3.82. The highest BCUT2D eigenvalue weighted by Gasteiger charge is 2.32. The van der Waals surface area contributed by atoms with Crippen molar-refractivity contribution in [3.63, 3.8) is 0 Å². The van der Waals surface area contributed by atoms with E-state index in [0.29, 0.717) is 19.6 Å². The van der Waals surface area contributed by atoms with Crippen molar-refractivity contribution in [2.75, 3.05) is 47.0 Å². The van der Waals surface area contributed by atoms with E-state index < -0.39 is 0 Å². The summed E-state index contributed by atoms with van der Waals surface area (Å²) in [6.07, 6.45) is 2.79. The van der Waals surface area contributed by atoms with Gasteiger partial charge in [-0.25, -0.2) is 0 Å². The van der Waals surface area contributed by atoms with E-state index in [9.17, 15) is 4.79 Å². The maximum Gasteiger partial charge on any atom is 0.307 e. The van der Waals surface area contributed by atoms with Gasteiger partial charge in [0.15, 0.2) is 5.96 Å². The van der Waals surface area contributed by atoms with Gasteiger partial charge in [0.05, 0.1) is 26.2 Å². The predicted octanol–water partition coefficient (Wildman–Crippen LogP) is 0.00470. The van der Waals surface area contributed by atoms with E-state index in [2.05, 4.69) is 19.9 Å². The van der Waals surface area contributed by atoms with Crippen molar-refractivity contribution in [1.29, 1.82) is 0 Å². The molecule has 7 nitrogen and oxygen atoms in total. The summed E-state index contributed by atoms with van der Waals surface area (Å²) in [6, 6.07) is 0. The van der Waals surface area contributed by atoms with Gasteiger partial charge >= 0.3 is 5.97 Å². The zero-order valence-electron chi connectivity index (χ0n) is 12.8. The molecule has 0 saturated carbocycles. The minimum Gasteiger partial charge on any atom is -0.469 e. The average molecular weight is 299 g/mol. The fourth-order valence-corrected chi connectivity index (χ4v) is 2.70. The van der Waals surface area contributed by atoms with Crippen molar-refractivity contribution in [2.45, 2.75) is 31.5 Å². The molecule has 2 aliphatic rings. The molecule has 0 aromatic heterocycles. The zero-order valence-corrected chi connectivity index (χ0v) is 12.8. The van der Waals surface area contributed by atoms with Crippen LogP contribution in [0, 0.1) is 0 Å². The molecule has 0 aromatic carbocycles. The first-order valence-corrected chi connectivity index (χ1v) is 7.50. The van der Waals surface area contributed by atoms with E-state index in [-0.39, 0.29) is 18.2 Å². The van der Waals surface area contributed by atoms with Crippen LogP contribution in [0.5, 0.6) is 0 Å². The van der Waals surface area contributed by atoms with Crippen molar-refractivity contribution in [3.8, 4) is 0 Å². The van der Waals surface area contributed by atoms with Crippen molar-refractivity contribution < 1.29 is 19.0 Å². The van der Waals surface area contributed by atoms with Gasteiger partial charge in [-0.15, -0.1) is 0 Å². The van der Waals surface area contributed by atoms with Crippen LogP contribution in [-0.4, -0.2) is 76.0 Å². The molecule has 21 heavy (non-hydrogen) atoms. The number of hydrogen-bond acceptors (Lipinski definition) is 5. The maximum atomic E-state index is 11.1. The summed E-state index contributed by atoms with van der Waals surface area (Å²) >= 11 is 0. The lowest BCUT2D eigenvalue weighted by Crippen LogP contribution is -2.53. The smallest absolute Gasteiger partial charge is 0.307 e. The number of carbonyl (C=O) groups excluding carboxylic acids is 1. The van der Waals surface area contributed by atoms with Crippen LogP contribution in [0.15, 0.2) is 4.99 Å². The minimum atomic E-state index is -0.225. The van der Waals surface area contributed by atoms with Gasteiger partial charge in [-0.3, -0.25) is 9.79 Å². The van der Waals surface area contributed by atoms with E-state index in [1.54, 1.807) is 7.05 Å². The number of carbonyl (C=O) groups is 1. The normalized spacial score (nSPS) is 26.8. The average Bonchev–Trinajstić information content (AvgIpc) is 3.06. The maximum absolute atomic E-state index is 11.1. The molecule has 0 spiro atoms. The van der Waals surface area contributed by atoms with E-state index >= 15 is 0 Å². The van der Waals surface area contributed by atoms with E-state index in [0.717, 1.165) is 38.5 Å². The van der Waals surface area contributed by atoms with Crippen molar-refractivity contribution in [3.05, 3.63) is 0 Å². The molecule has 2 saturated heterocycles. The van der Waals surface area contributed by atoms with Crippen LogP contribution in [0.4, 0.5) is 0 Å². The molecule has 0 aromatic rings. The summed E-state index contributed by atoms with van der Waals surface area (Å²) in [7, 11) is 3.14. The summed E-state index contributed by atoms with van der Waals surface area (Å²) in [5.74, 6) is 0.572.